The van der Waals surface area contributed by atoms with Crippen LogP contribution >= 0.6 is 22.9 Å². The van der Waals surface area contributed by atoms with Crippen LogP contribution in [0.1, 0.15) is 12.5 Å². The molecule has 82 valence electrons. The Bertz CT molecular complexity index is 499. The summed E-state index contributed by atoms with van der Waals surface area (Å²) in [6.07, 6.45) is 0.505. The lowest BCUT2D eigenvalue weighted by atomic mass is 10.1. The minimum Gasteiger partial charge on any atom is -0.300 e. The zero-order chi connectivity index (χ0) is 11.5. The molecule has 0 bridgehead atoms. The second-order valence-electron chi connectivity index (χ2n) is 3.68. The van der Waals surface area contributed by atoms with Crippen molar-refractivity contribution in [2.75, 3.05) is 0 Å². The number of halogens is 1. The van der Waals surface area contributed by atoms with Gasteiger partial charge in [0.2, 0.25) is 0 Å². The Hall–Kier alpha value is -1.12. The molecule has 0 saturated carbocycles. The van der Waals surface area contributed by atoms with Gasteiger partial charge in [0.15, 0.2) is 0 Å². The molecule has 0 radical (unpaired) electrons. The molecule has 16 heavy (non-hydrogen) atoms. The first-order valence-electron chi connectivity index (χ1n) is 4.99. The van der Waals surface area contributed by atoms with E-state index in [-0.39, 0.29) is 5.78 Å². The fourth-order valence-corrected chi connectivity index (χ4v) is 2.59. The minimum absolute atomic E-state index is 0.187. The predicted octanol–water partition coefficient (Wildman–Crippen LogP) is 4.20. The van der Waals surface area contributed by atoms with E-state index in [1.54, 1.807) is 18.3 Å². The largest absolute Gasteiger partial charge is 0.300 e. The van der Waals surface area contributed by atoms with Crippen LogP contribution in [0, 0.1) is 0 Å². The number of ketones is 1. The van der Waals surface area contributed by atoms with Crippen molar-refractivity contribution in [3.63, 3.8) is 0 Å². The zero-order valence-electron chi connectivity index (χ0n) is 8.87. The van der Waals surface area contributed by atoms with E-state index >= 15 is 0 Å². The first kappa shape index (κ1) is 11.4. The van der Waals surface area contributed by atoms with E-state index < -0.39 is 0 Å². The Morgan fingerprint density at radius 2 is 1.88 bits per heavy atom. The summed E-state index contributed by atoms with van der Waals surface area (Å²) in [4.78, 5) is 12.1. The monoisotopic (exact) mass is 250 g/mol. The van der Waals surface area contributed by atoms with Crippen molar-refractivity contribution < 1.29 is 4.79 Å². The lowest BCUT2D eigenvalue weighted by Gasteiger charge is -2.00. The molecule has 1 heterocycles. The van der Waals surface area contributed by atoms with Crippen LogP contribution in [0.15, 0.2) is 36.4 Å². The molecule has 0 N–H and O–H groups in total. The third-order valence-electron chi connectivity index (χ3n) is 2.26. The molecular weight excluding hydrogens is 240 g/mol. The third kappa shape index (κ3) is 2.71. The van der Waals surface area contributed by atoms with Crippen LogP contribution in [0.4, 0.5) is 0 Å². The van der Waals surface area contributed by atoms with Gasteiger partial charge in [0, 0.05) is 11.3 Å². The average Bonchev–Trinajstić information content (AvgIpc) is 2.65. The van der Waals surface area contributed by atoms with Gasteiger partial charge in [0.1, 0.15) is 5.78 Å². The molecule has 0 amide bonds. The molecule has 0 aliphatic carbocycles. The van der Waals surface area contributed by atoms with Crippen molar-refractivity contribution in [2.24, 2.45) is 0 Å². The Morgan fingerprint density at radius 1 is 1.19 bits per heavy atom. The second-order valence-corrected chi connectivity index (χ2v) is 5.39. The van der Waals surface area contributed by atoms with Gasteiger partial charge in [-0.3, -0.25) is 4.79 Å². The SMILES string of the molecule is CC(=O)Cc1ccc(-c2ccc(Cl)s2)cc1. The number of thiophene rings is 1. The molecular formula is C13H11ClOS. The summed E-state index contributed by atoms with van der Waals surface area (Å²) in [5, 5.41) is 0. The van der Waals surface area contributed by atoms with Crippen LogP contribution in [0.5, 0.6) is 0 Å². The molecule has 0 fully saturated rings. The van der Waals surface area contributed by atoms with Gasteiger partial charge in [0.05, 0.1) is 4.34 Å². The van der Waals surface area contributed by atoms with E-state index in [1.165, 1.54) is 0 Å². The summed E-state index contributed by atoms with van der Waals surface area (Å²) >= 11 is 7.44. The molecule has 2 aromatic rings. The average molecular weight is 251 g/mol. The van der Waals surface area contributed by atoms with E-state index in [1.807, 2.05) is 36.4 Å². The first-order chi connectivity index (χ1) is 7.65. The molecule has 0 saturated heterocycles. The van der Waals surface area contributed by atoms with Crippen LogP contribution in [-0.2, 0) is 11.2 Å². The number of benzene rings is 1. The van der Waals surface area contributed by atoms with Crippen molar-refractivity contribution in [1.29, 1.82) is 0 Å². The molecule has 0 aliphatic heterocycles. The maximum atomic E-state index is 11.0. The van der Waals surface area contributed by atoms with E-state index in [0.29, 0.717) is 6.42 Å². The lowest BCUT2D eigenvalue weighted by Crippen LogP contribution is -1.95. The van der Waals surface area contributed by atoms with Crippen molar-refractivity contribution in [3.05, 3.63) is 46.3 Å². The van der Waals surface area contributed by atoms with Gasteiger partial charge in [-0.25, -0.2) is 0 Å². The topological polar surface area (TPSA) is 17.1 Å². The van der Waals surface area contributed by atoms with E-state index in [9.17, 15) is 4.79 Å². The highest BCUT2D eigenvalue weighted by Gasteiger charge is 2.02. The second kappa shape index (κ2) is 4.81. The highest BCUT2D eigenvalue weighted by Crippen LogP contribution is 2.30. The predicted molar refractivity (Wildman–Crippen MR) is 69.2 cm³/mol. The van der Waals surface area contributed by atoms with Crippen molar-refractivity contribution in [1.82, 2.24) is 0 Å². The highest BCUT2D eigenvalue weighted by atomic mass is 35.5. The number of rotatable bonds is 3. The minimum atomic E-state index is 0.187. The Balaban J connectivity index is 2.22. The van der Waals surface area contributed by atoms with Gasteiger partial charge in [-0.1, -0.05) is 35.9 Å². The smallest absolute Gasteiger partial charge is 0.134 e. The third-order valence-corrected chi connectivity index (χ3v) is 3.54. The number of Topliss-reactive ketones (excluding diaryl/α,β-unsaturated/α-hetero) is 1. The number of hydrogen-bond donors (Lipinski definition) is 0. The maximum absolute atomic E-state index is 11.0. The standard InChI is InChI=1S/C13H11ClOS/c1-9(15)8-10-2-4-11(5-3-10)12-6-7-13(14)16-12/h2-7H,8H2,1H3. The lowest BCUT2D eigenvalue weighted by molar-refractivity contribution is -0.116. The maximum Gasteiger partial charge on any atom is 0.134 e. The summed E-state index contributed by atoms with van der Waals surface area (Å²) in [5.41, 5.74) is 2.20. The Kier molecular flexibility index (Phi) is 3.42. The van der Waals surface area contributed by atoms with E-state index in [4.69, 9.17) is 11.6 Å². The fourth-order valence-electron chi connectivity index (χ4n) is 1.54. The van der Waals surface area contributed by atoms with Crippen molar-refractivity contribution in [3.8, 4) is 10.4 Å². The summed E-state index contributed by atoms with van der Waals surface area (Å²) in [5.74, 6) is 0.187. The molecule has 1 nitrogen and oxygen atoms in total. The van der Waals surface area contributed by atoms with Gasteiger partial charge >= 0.3 is 0 Å². The summed E-state index contributed by atoms with van der Waals surface area (Å²) in [6.45, 7) is 1.60. The molecule has 1 aromatic carbocycles. The summed E-state index contributed by atoms with van der Waals surface area (Å²) < 4.78 is 0.794. The number of carbonyl (C=O) groups excluding carboxylic acids is 1. The van der Waals surface area contributed by atoms with Gasteiger partial charge < -0.3 is 0 Å². The normalized spacial score (nSPS) is 10.4. The number of hydrogen-bond acceptors (Lipinski definition) is 2. The van der Waals surface area contributed by atoms with Gasteiger partial charge in [0.25, 0.3) is 0 Å². The van der Waals surface area contributed by atoms with Crippen LogP contribution in [-0.4, -0.2) is 5.78 Å². The Morgan fingerprint density at radius 3 is 2.38 bits per heavy atom. The molecule has 1 aromatic heterocycles. The molecule has 0 unspecified atom stereocenters. The number of carbonyl (C=O) groups is 1. The Labute approximate surface area is 104 Å². The van der Waals surface area contributed by atoms with Crippen molar-refractivity contribution in [2.45, 2.75) is 13.3 Å². The van der Waals surface area contributed by atoms with Crippen LogP contribution < -0.4 is 0 Å². The van der Waals surface area contributed by atoms with Crippen LogP contribution in [0.25, 0.3) is 10.4 Å². The van der Waals surface area contributed by atoms with Gasteiger partial charge in [-0.2, -0.15) is 0 Å². The van der Waals surface area contributed by atoms with Crippen LogP contribution in [0.3, 0.4) is 0 Å². The fraction of sp³-hybridized carbons (Fsp3) is 0.154. The van der Waals surface area contributed by atoms with E-state index in [0.717, 1.165) is 20.3 Å². The summed E-state index contributed by atoms with van der Waals surface area (Å²) in [7, 11) is 0. The molecule has 0 spiro atoms. The zero-order valence-corrected chi connectivity index (χ0v) is 10.4. The van der Waals surface area contributed by atoms with Gasteiger partial charge in [-0.05, 0) is 30.2 Å². The van der Waals surface area contributed by atoms with Crippen molar-refractivity contribution >= 4 is 28.7 Å². The van der Waals surface area contributed by atoms with Gasteiger partial charge in [-0.15, -0.1) is 11.3 Å². The molecule has 2 rings (SSSR count). The van der Waals surface area contributed by atoms with E-state index in [2.05, 4.69) is 0 Å². The first-order valence-corrected chi connectivity index (χ1v) is 6.18. The van der Waals surface area contributed by atoms with Crippen LogP contribution in [0.2, 0.25) is 4.34 Å². The molecule has 0 aliphatic rings. The molecule has 3 heteroatoms. The highest BCUT2D eigenvalue weighted by molar-refractivity contribution is 7.19. The molecule has 0 atom stereocenters. The quantitative estimate of drug-likeness (QED) is 0.798. The summed E-state index contributed by atoms with van der Waals surface area (Å²) in [6, 6.07) is 11.9.